The maximum atomic E-state index is 13.4. The lowest BCUT2D eigenvalue weighted by atomic mass is 9.93. The summed E-state index contributed by atoms with van der Waals surface area (Å²) in [4.78, 5) is 30.4. The Labute approximate surface area is 170 Å². The number of hydrogen-bond donors (Lipinski definition) is 0. The van der Waals surface area contributed by atoms with Gasteiger partial charge in [0.25, 0.3) is 0 Å². The predicted octanol–water partition coefficient (Wildman–Crippen LogP) is 4.26. The Morgan fingerprint density at radius 3 is 2.61 bits per heavy atom. The largest absolute Gasteiger partial charge is 0.333 e. The molecule has 0 radical (unpaired) electrons. The normalized spacial score (nSPS) is 16.2. The second kappa shape index (κ2) is 8.86. The lowest BCUT2D eigenvalue weighted by Crippen LogP contribution is -2.47. The first-order valence-electron chi connectivity index (χ1n) is 9.79. The molecule has 150 valence electrons. The third-order valence-corrected chi connectivity index (χ3v) is 6.04. The predicted molar refractivity (Wildman–Crippen MR) is 110 cm³/mol. The van der Waals surface area contributed by atoms with Crippen molar-refractivity contribution in [1.29, 1.82) is 0 Å². The van der Waals surface area contributed by atoms with Crippen LogP contribution in [0, 0.1) is 11.7 Å². The van der Waals surface area contributed by atoms with Gasteiger partial charge < -0.3 is 9.80 Å². The monoisotopic (exact) mass is 402 g/mol. The number of rotatable bonds is 6. The molecule has 1 aliphatic rings. The van der Waals surface area contributed by atoms with Gasteiger partial charge in [-0.1, -0.05) is 32.9 Å². The zero-order valence-electron chi connectivity index (χ0n) is 16.7. The second-order valence-corrected chi connectivity index (χ2v) is 8.61. The van der Waals surface area contributed by atoms with Crippen molar-refractivity contribution in [2.75, 3.05) is 19.6 Å². The first kappa shape index (κ1) is 20.5. The number of benzene rings is 1. The fourth-order valence-corrected chi connectivity index (χ4v) is 4.67. The van der Waals surface area contributed by atoms with Crippen molar-refractivity contribution >= 4 is 23.2 Å². The van der Waals surface area contributed by atoms with E-state index < -0.39 is 0 Å². The van der Waals surface area contributed by atoms with E-state index in [2.05, 4.69) is 6.07 Å². The molecule has 0 saturated carbocycles. The molecule has 0 bridgehead atoms. The van der Waals surface area contributed by atoms with Gasteiger partial charge in [-0.25, -0.2) is 4.39 Å². The van der Waals surface area contributed by atoms with Crippen LogP contribution >= 0.6 is 11.3 Å². The fraction of sp³-hybridized carbons (Fsp3) is 0.455. The van der Waals surface area contributed by atoms with Crippen LogP contribution in [0.25, 0.3) is 0 Å². The van der Waals surface area contributed by atoms with Crippen LogP contribution in [0.4, 0.5) is 4.39 Å². The van der Waals surface area contributed by atoms with E-state index in [1.807, 2.05) is 31.1 Å². The zero-order chi connectivity index (χ0) is 20.3. The summed E-state index contributed by atoms with van der Waals surface area (Å²) in [7, 11) is 0. The van der Waals surface area contributed by atoms with Crippen molar-refractivity contribution in [2.45, 2.75) is 39.7 Å². The zero-order valence-corrected chi connectivity index (χ0v) is 17.5. The van der Waals surface area contributed by atoms with Gasteiger partial charge in [-0.2, -0.15) is 0 Å². The Hall–Kier alpha value is -2.21. The number of halogens is 1. The summed E-state index contributed by atoms with van der Waals surface area (Å²) in [6, 6.07) is 8.18. The topological polar surface area (TPSA) is 40.6 Å². The molecule has 1 atom stereocenters. The van der Waals surface area contributed by atoms with Gasteiger partial charge in [-0.05, 0) is 47.0 Å². The third-order valence-electron chi connectivity index (χ3n) is 5.04. The van der Waals surface area contributed by atoms with Gasteiger partial charge in [0.2, 0.25) is 11.8 Å². The van der Waals surface area contributed by atoms with Crippen LogP contribution in [0.5, 0.6) is 0 Å². The van der Waals surface area contributed by atoms with Crippen molar-refractivity contribution in [1.82, 2.24) is 9.80 Å². The summed E-state index contributed by atoms with van der Waals surface area (Å²) in [6.45, 7) is 7.16. The van der Waals surface area contributed by atoms with Crippen LogP contribution in [0.3, 0.4) is 0 Å². The highest BCUT2D eigenvalue weighted by atomic mass is 32.1. The smallest absolute Gasteiger partial charge is 0.242 e. The fourth-order valence-electron chi connectivity index (χ4n) is 3.76. The molecular weight excluding hydrogens is 375 g/mol. The van der Waals surface area contributed by atoms with Gasteiger partial charge >= 0.3 is 0 Å². The minimum atomic E-state index is -0.292. The van der Waals surface area contributed by atoms with Crippen LogP contribution in [0.1, 0.15) is 49.2 Å². The van der Waals surface area contributed by atoms with E-state index in [-0.39, 0.29) is 30.2 Å². The molecule has 6 heteroatoms. The molecule has 0 fully saturated rings. The SMILES string of the molecule is CCC(=O)N(CC(=O)N1CCc2sccc2[C@H]1c1ccc(F)cc1)CC(C)C. The summed E-state index contributed by atoms with van der Waals surface area (Å²) in [5.74, 6) is -0.0668. The van der Waals surface area contributed by atoms with Gasteiger partial charge in [0, 0.05) is 24.4 Å². The molecule has 2 heterocycles. The minimum absolute atomic E-state index is 0.00591. The van der Waals surface area contributed by atoms with Crippen LogP contribution in [-0.4, -0.2) is 41.2 Å². The van der Waals surface area contributed by atoms with Crippen LogP contribution in [-0.2, 0) is 16.0 Å². The standard InChI is InChI=1S/C22H27FN2O2S/c1-4-20(26)24(13-15(2)3)14-21(27)25-11-9-19-18(10-12-28-19)22(25)16-5-7-17(23)8-6-16/h5-8,10,12,15,22H,4,9,11,13-14H2,1-3H3/t22-/m1/s1. The molecule has 0 aliphatic carbocycles. The van der Waals surface area contributed by atoms with Crippen LogP contribution in [0.15, 0.2) is 35.7 Å². The number of thiophene rings is 1. The van der Waals surface area contributed by atoms with E-state index >= 15 is 0 Å². The molecule has 0 saturated heterocycles. The molecular formula is C22H27FN2O2S. The molecule has 28 heavy (non-hydrogen) atoms. The van der Waals surface area contributed by atoms with Crippen molar-refractivity contribution < 1.29 is 14.0 Å². The molecule has 1 aromatic carbocycles. The Balaban J connectivity index is 1.89. The van der Waals surface area contributed by atoms with Gasteiger partial charge in [-0.15, -0.1) is 11.3 Å². The first-order valence-corrected chi connectivity index (χ1v) is 10.7. The molecule has 4 nitrogen and oxygen atoms in total. The maximum absolute atomic E-state index is 13.4. The van der Waals surface area contributed by atoms with E-state index in [4.69, 9.17) is 0 Å². The Bertz CT molecular complexity index is 831. The maximum Gasteiger partial charge on any atom is 0.242 e. The molecule has 0 spiro atoms. The molecule has 0 N–H and O–H groups in total. The lowest BCUT2D eigenvalue weighted by Gasteiger charge is -2.37. The van der Waals surface area contributed by atoms with Crippen molar-refractivity contribution in [3.8, 4) is 0 Å². The third kappa shape index (κ3) is 4.43. The first-order chi connectivity index (χ1) is 13.4. The highest BCUT2D eigenvalue weighted by molar-refractivity contribution is 7.10. The van der Waals surface area contributed by atoms with E-state index in [1.165, 1.54) is 17.0 Å². The average Bonchev–Trinajstić information content (AvgIpc) is 3.15. The number of nitrogens with zero attached hydrogens (tertiary/aromatic N) is 2. The summed E-state index contributed by atoms with van der Waals surface area (Å²) in [5, 5.41) is 2.04. The molecule has 2 amide bonds. The van der Waals surface area contributed by atoms with Gasteiger partial charge in [-0.3, -0.25) is 9.59 Å². The number of carbonyl (C=O) groups is 2. The number of carbonyl (C=O) groups excluding carboxylic acids is 2. The number of amides is 2. The summed E-state index contributed by atoms with van der Waals surface area (Å²) < 4.78 is 13.4. The molecule has 1 aliphatic heterocycles. The van der Waals surface area contributed by atoms with E-state index in [1.54, 1.807) is 28.4 Å². The number of hydrogen-bond acceptors (Lipinski definition) is 3. The van der Waals surface area contributed by atoms with Crippen molar-refractivity contribution in [3.05, 3.63) is 57.5 Å². The molecule has 3 rings (SSSR count). The Kier molecular flexibility index (Phi) is 6.50. The second-order valence-electron chi connectivity index (χ2n) is 7.61. The highest BCUT2D eigenvalue weighted by Gasteiger charge is 2.33. The minimum Gasteiger partial charge on any atom is -0.333 e. The van der Waals surface area contributed by atoms with Crippen LogP contribution in [0.2, 0.25) is 0 Å². The highest BCUT2D eigenvalue weighted by Crippen LogP contribution is 2.37. The quantitative estimate of drug-likeness (QED) is 0.725. The lowest BCUT2D eigenvalue weighted by molar-refractivity contribution is -0.142. The molecule has 1 aromatic heterocycles. The van der Waals surface area contributed by atoms with Gasteiger partial charge in [0.15, 0.2) is 0 Å². The average molecular weight is 403 g/mol. The number of fused-ring (bicyclic) bond motifs is 1. The molecule has 2 aromatic rings. The summed E-state index contributed by atoms with van der Waals surface area (Å²) >= 11 is 1.69. The van der Waals surface area contributed by atoms with Crippen molar-refractivity contribution in [2.24, 2.45) is 5.92 Å². The Morgan fingerprint density at radius 1 is 1.25 bits per heavy atom. The summed E-state index contributed by atoms with van der Waals surface area (Å²) in [5.41, 5.74) is 2.00. The molecule has 0 unspecified atom stereocenters. The van der Waals surface area contributed by atoms with E-state index in [9.17, 15) is 14.0 Å². The van der Waals surface area contributed by atoms with Crippen molar-refractivity contribution in [3.63, 3.8) is 0 Å². The van der Waals surface area contributed by atoms with Gasteiger partial charge in [0.1, 0.15) is 5.82 Å². The van der Waals surface area contributed by atoms with Crippen LogP contribution < -0.4 is 0 Å². The van der Waals surface area contributed by atoms with E-state index in [0.29, 0.717) is 25.4 Å². The Morgan fingerprint density at radius 2 is 1.96 bits per heavy atom. The summed E-state index contributed by atoms with van der Waals surface area (Å²) in [6.07, 6.45) is 1.19. The van der Waals surface area contributed by atoms with E-state index in [0.717, 1.165) is 17.5 Å². The van der Waals surface area contributed by atoms with Gasteiger partial charge in [0.05, 0.1) is 12.6 Å².